The van der Waals surface area contributed by atoms with Crippen LogP contribution in [-0.4, -0.2) is 12.0 Å². The van der Waals surface area contributed by atoms with E-state index in [0.29, 0.717) is 5.78 Å². The van der Waals surface area contributed by atoms with Crippen molar-refractivity contribution >= 4 is 17.5 Å². The lowest BCUT2D eigenvalue weighted by Crippen LogP contribution is -2.21. The maximum Gasteiger partial charge on any atom is 0.172 e. The molecule has 16 heavy (non-hydrogen) atoms. The van der Waals surface area contributed by atoms with Gasteiger partial charge in [-0.2, -0.15) is 0 Å². The molecule has 1 atom stereocenters. The molecule has 2 rings (SSSR count). The number of ketones is 1. The van der Waals surface area contributed by atoms with Crippen LogP contribution in [0.25, 0.3) is 0 Å². The lowest BCUT2D eigenvalue weighted by molar-refractivity contribution is -0.119. The fourth-order valence-electron chi connectivity index (χ4n) is 2.13. The van der Waals surface area contributed by atoms with E-state index in [2.05, 4.69) is 18.2 Å². The number of rotatable bonds is 3. The number of thioether (sulfide) groups is 1. The van der Waals surface area contributed by atoms with Gasteiger partial charge in [0.25, 0.3) is 0 Å². The van der Waals surface area contributed by atoms with Crippen LogP contribution in [0.4, 0.5) is 0 Å². The normalized spacial score (nSPS) is 20.7. The van der Waals surface area contributed by atoms with Crippen LogP contribution < -0.4 is 0 Å². The first-order valence-electron chi connectivity index (χ1n) is 5.63. The average molecular weight is 232 g/mol. The van der Waals surface area contributed by atoms with Crippen molar-refractivity contribution in [1.82, 2.24) is 0 Å². The van der Waals surface area contributed by atoms with Gasteiger partial charge in [0.05, 0.1) is 0 Å². The monoisotopic (exact) mass is 232 g/mol. The molecule has 0 saturated heterocycles. The van der Waals surface area contributed by atoms with E-state index in [9.17, 15) is 4.79 Å². The topological polar surface area (TPSA) is 17.1 Å². The van der Waals surface area contributed by atoms with Crippen LogP contribution in [-0.2, 0) is 11.2 Å². The molecule has 0 spiro atoms. The SMILES string of the molecule is CSC1=CCCC(Cc2ccccc2)C1=O. The summed E-state index contributed by atoms with van der Waals surface area (Å²) in [6.45, 7) is 0. The third-order valence-corrected chi connectivity index (χ3v) is 3.81. The van der Waals surface area contributed by atoms with Gasteiger partial charge in [-0.3, -0.25) is 4.79 Å². The summed E-state index contributed by atoms with van der Waals surface area (Å²) < 4.78 is 0. The Morgan fingerprint density at radius 3 is 2.75 bits per heavy atom. The molecular formula is C14H16OS. The average Bonchev–Trinajstić information content (AvgIpc) is 2.33. The van der Waals surface area contributed by atoms with Gasteiger partial charge in [0.15, 0.2) is 5.78 Å². The Balaban J connectivity index is 2.07. The summed E-state index contributed by atoms with van der Waals surface area (Å²) in [6, 6.07) is 10.3. The van der Waals surface area contributed by atoms with E-state index in [1.54, 1.807) is 11.8 Å². The van der Waals surface area contributed by atoms with Gasteiger partial charge in [0.2, 0.25) is 0 Å². The second-order valence-corrected chi connectivity index (χ2v) is 4.95. The summed E-state index contributed by atoms with van der Waals surface area (Å²) in [7, 11) is 0. The smallest absolute Gasteiger partial charge is 0.172 e. The van der Waals surface area contributed by atoms with Crippen molar-refractivity contribution in [2.45, 2.75) is 19.3 Å². The van der Waals surface area contributed by atoms with Crippen LogP contribution in [0.3, 0.4) is 0 Å². The molecule has 0 heterocycles. The fraction of sp³-hybridized carbons (Fsp3) is 0.357. The number of carbonyl (C=O) groups excluding carboxylic acids is 1. The van der Waals surface area contributed by atoms with Crippen molar-refractivity contribution in [3.63, 3.8) is 0 Å². The zero-order chi connectivity index (χ0) is 11.4. The summed E-state index contributed by atoms with van der Waals surface area (Å²) in [5.41, 5.74) is 1.27. The zero-order valence-electron chi connectivity index (χ0n) is 9.48. The van der Waals surface area contributed by atoms with Gasteiger partial charge in [-0.15, -0.1) is 11.8 Å². The summed E-state index contributed by atoms with van der Waals surface area (Å²) in [5.74, 6) is 0.525. The predicted molar refractivity (Wildman–Crippen MR) is 69.5 cm³/mol. The molecule has 0 amide bonds. The zero-order valence-corrected chi connectivity index (χ0v) is 10.3. The van der Waals surface area contributed by atoms with Crippen LogP contribution in [0, 0.1) is 5.92 Å². The van der Waals surface area contributed by atoms with E-state index in [4.69, 9.17) is 0 Å². The Morgan fingerprint density at radius 2 is 2.06 bits per heavy atom. The molecule has 1 unspecified atom stereocenters. The van der Waals surface area contributed by atoms with Gasteiger partial charge in [0.1, 0.15) is 0 Å². The number of hydrogen-bond donors (Lipinski definition) is 0. The Kier molecular flexibility index (Phi) is 3.83. The lowest BCUT2D eigenvalue weighted by Gasteiger charge is -2.20. The maximum atomic E-state index is 12.1. The molecule has 0 radical (unpaired) electrons. The van der Waals surface area contributed by atoms with E-state index in [0.717, 1.165) is 24.2 Å². The van der Waals surface area contributed by atoms with Gasteiger partial charge in [0, 0.05) is 10.8 Å². The van der Waals surface area contributed by atoms with Crippen LogP contribution >= 0.6 is 11.8 Å². The standard InChI is InChI=1S/C14H16OS/c1-16-13-9-5-8-12(14(13)15)10-11-6-3-2-4-7-11/h2-4,6-7,9,12H,5,8,10H2,1H3. The highest BCUT2D eigenvalue weighted by molar-refractivity contribution is 8.03. The van der Waals surface area contributed by atoms with Gasteiger partial charge < -0.3 is 0 Å². The van der Waals surface area contributed by atoms with Crippen LogP contribution in [0.5, 0.6) is 0 Å². The molecule has 84 valence electrons. The number of hydrogen-bond acceptors (Lipinski definition) is 2. The highest BCUT2D eigenvalue weighted by atomic mass is 32.2. The van der Waals surface area contributed by atoms with E-state index < -0.39 is 0 Å². The van der Waals surface area contributed by atoms with Crippen LogP contribution in [0.2, 0.25) is 0 Å². The predicted octanol–water partition coefficient (Wildman–Crippen LogP) is 3.46. The fourth-order valence-corrected chi connectivity index (χ4v) is 2.78. The molecule has 1 aromatic carbocycles. The quantitative estimate of drug-likeness (QED) is 0.794. The molecule has 1 nitrogen and oxygen atoms in total. The summed E-state index contributed by atoms with van der Waals surface area (Å²) >= 11 is 1.58. The van der Waals surface area contributed by atoms with Crippen molar-refractivity contribution in [1.29, 1.82) is 0 Å². The first-order chi connectivity index (χ1) is 7.81. The van der Waals surface area contributed by atoms with E-state index in [-0.39, 0.29) is 5.92 Å². The minimum absolute atomic E-state index is 0.190. The first-order valence-corrected chi connectivity index (χ1v) is 6.86. The van der Waals surface area contributed by atoms with E-state index in [1.165, 1.54) is 5.56 Å². The van der Waals surface area contributed by atoms with Gasteiger partial charge >= 0.3 is 0 Å². The third-order valence-electron chi connectivity index (χ3n) is 3.00. The maximum absolute atomic E-state index is 12.1. The molecule has 1 aliphatic carbocycles. The molecule has 0 aliphatic heterocycles. The lowest BCUT2D eigenvalue weighted by atomic mass is 9.87. The van der Waals surface area contributed by atoms with Crippen LogP contribution in [0.15, 0.2) is 41.3 Å². The summed E-state index contributed by atoms with van der Waals surface area (Å²) in [4.78, 5) is 13.0. The summed E-state index contributed by atoms with van der Waals surface area (Å²) in [5, 5.41) is 0. The van der Waals surface area contributed by atoms with Crippen molar-refractivity contribution in [2.24, 2.45) is 5.92 Å². The third kappa shape index (κ3) is 2.56. The molecule has 0 bridgehead atoms. The first kappa shape index (κ1) is 11.5. The van der Waals surface area contributed by atoms with Crippen molar-refractivity contribution in [2.75, 3.05) is 6.26 Å². The number of carbonyl (C=O) groups is 1. The molecule has 0 fully saturated rings. The molecule has 2 heteroatoms. The summed E-state index contributed by atoms with van der Waals surface area (Å²) in [6.07, 6.45) is 6.98. The molecule has 1 aromatic rings. The van der Waals surface area contributed by atoms with E-state index >= 15 is 0 Å². The van der Waals surface area contributed by atoms with Crippen molar-refractivity contribution in [3.8, 4) is 0 Å². The number of Topliss-reactive ketones (excluding diaryl/α,β-unsaturated/α-hetero) is 1. The molecule has 1 aliphatic rings. The van der Waals surface area contributed by atoms with Crippen molar-refractivity contribution in [3.05, 3.63) is 46.9 Å². The second kappa shape index (κ2) is 5.35. The Morgan fingerprint density at radius 1 is 1.31 bits per heavy atom. The van der Waals surface area contributed by atoms with Gasteiger partial charge in [-0.05, 0) is 31.1 Å². The Bertz CT molecular complexity index is 394. The number of allylic oxidation sites excluding steroid dienone is 2. The Labute approximate surface area is 101 Å². The molecule has 0 saturated carbocycles. The molecule has 0 aromatic heterocycles. The second-order valence-electron chi connectivity index (χ2n) is 4.10. The minimum atomic E-state index is 0.190. The largest absolute Gasteiger partial charge is 0.293 e. The Hall–Kier alpha value is -1.02. The van der Waals surface area contributed by atoms with Gasteiger partial charge in [-0.25, -0.2) is 0 Å². The van der Waals surface area contributed by atoms with Gasteiger partial charge in [-0.1, -0.05) is 36.4 Å². The molecule has 0 N–H and O–H groups in total. The number of benzene rings is 1. The van der Waals surface area contributed by atoms with E-state index in [1.807, 2.05) is 24.5 Å². The van der Waals surface area contributed by atoms with Crippen LogP contribution in [0.1, 0.15) is 18.4 Å². The minimum Gasteiger partial charge on any atom is -0.293 e. The van der Waals surface area contributed by atoms with Crippen molar-refractivity contribution < 1.29 is 4.79 Å². The molecular weight excluding hydrogens is 216 g/mol. The highest BCUT2D eigenvalue weighted by Gasteiger charge is 2.24. The highest BCUT2D eigenvalue weighted by Crippen LogP contribution is 2.28.